The van der Waals surface area contributed by atoms with E-state index in [2.05, 4.69) is 12.2 Å². The molecule has 0 bridgehead atoms. The fraction of sp³-hybridized carbons (Fsp3) is 0.409. The highest BCUT2D eigenvalue weighted by atomic mass is 16.5. The Bertz CT molecular complexity index is 816. The molecule has 1 heterocycles. The highest BCUT2D eigenvalue weighted by molar-refractivity contribution is 5.90. The van der Waals surface area contributed by atoms with E-state index in [4.69, 9.17) is 4.74 Å². The van der Waals surface area contributed by atoms with Gasteiger partial charge in [0, 0.05) is 24.1 Å². The number of ether oxygens (including phenoxy) is 1. The molecule has 0 radical (unpaired) electrons. The lowest BCUT2D eigenvalue weighted by Crippen LogP contribution is -2.27. The summed E-state index contributed by atoms with van der Waals surface area (Å²) >= 11 is 0. The first-order chi connectivity index (χ1) is 12.3. The van der Waals surface area contributed by atoms with Crippen molar-refractivity contribution < 1.29 is 14.6 Å². The van der Waals surface area contributed by atoms with Crippen LogP contribution in [0, 0.1) is 20.8 Å². The van der Waals surface area contributed by atoms with Gasteiger partial charge in [0.15, 0.2) is 0 Å². The highest BCUT2D eigenvalue weighted by Gasteiger charge is 2.39. The largest absolute Gasteiger partial charge is 0.507 e. The maximum atomic E-state index is 11.7. The Balaban J connectivity index is 1.87. The smallest absolute Gasteiger partial charge is 0.224 e. The van der Waals surface area contributed by atoms with Crippen molar-refractivity contribution in [2.75, 3.05) is 5.32 Å². The van der Waals surface area contributed by atoms with Crippen LogP contribution in [0.4, 0.5) is 5.69 Å². The van der Waals surface area contributed by atoms with Gasteiger partial charge in [0.2, 0.25) is 5.91 Å². The molecule has 1 amide bonds. The van der Waals surface area contributed by atoms with E-state index in [1.165, 1.54) is 0 Å². The van der Waals surface area contributed by atoms with Gasteiger partial charge in [0.05, 0.1) is 0 Å². The van der Waals surface area contributed by atoms with E-state index >= 15 is 0 Å². The molecule has 0 saturated heterocycles. The van der Waals surface area contributed by atoms with E-state index in [-0.39, 0.29) is 5.91 Å². The Hall–Kier alpha value is -2.49. The molecule has 1 aliphatic rings. The van der Waals surface area contributed by atoms with Crippen LogP contribution in [-0.2, 0) is 16.8 Å². The van der Waals surface area contributed by atoms with Gasteiger partial charge in [-0.3, -0.25) is 4.79 Å². The predicted molar refractivity (Wildman–Crippen MR) is 104 cm³/mol. The first-order valence-corrected chi connectivity index (χ1v) is 9.18. The maximum Gasteiger partial charge on any atom is 0.224 e. The van der Waals surface area contributed by atoms with Crippen molar-refractivity contribution in [2.24, 2.45) is 0 Å². The minimum absolute atomic E-state index is 0.0354. The first-order valence-electron chi connectivity index (χ1n) is 9.18. The van der Waals surface area contributed by atoms with Crippen LogP contribution >= 0.6 is 0 Å². The third-order valence-electron chi connectivity index (χ3n) is 5.44. The number of carbonyl (C=O) groups is 1. The van der Waals surface area contributed by atoms with Gasteiger partial charge in [0.1, 0.15) is 17.1 Å². The molecule has 0 aliphatic carbocycles. The van der Waals surface area contributed by atoms with Crippen LogP contribution in [0.25, 0.3) is 0 Å². The second-order valence-electron chi connectivity index (χ2n) is 7.42. The van der Waals surface area contributed by atoms with E-state index in [1.807, 2.05) is 52.0 Å². The van der Waals surface area contributed by atoms with Gasteiger partial charge in [-0.05, 0) is 68.5 Å². The molecule has 0 fully saturated rings. The van der Waals surface area contributed by atoms with Crippen LogP contribution in [-0.4, -0.2) is 11.0 Å². The fourth-order valence-corrected chi connectivity index (χ4v) is 3.64. The molecule has 2 aromatic rings. The summed E-state index contributed by atoms with van der Waals surface area (Å²) in [5.74, 6) is 1.29. The number of rotatable bonds is 4. The van der Waals surface area contributed by atoms with Crippen LogP contribution in [0.5, 0.6) is 11.5 Å². The van der Waals surface area contributed by atoms with Gasteiger partial charge in [-0.15, -0.1) is 0 Å². The van der Waals surface area contributed by atoms with Crippen molar-refractivity contribution in [2.45, 2.75) is 59.5 Å². The molecular formula is C22H27NO3. The number of hydrogen-bond donors (Lipinski definition) is 2. The number of nitrogens with one attached hydrogen (secondary N) is 1. The minimum atomic E-state index is -0.482. The number of aromatic hydroxyl groups is 1. The quantitative estimate of drug-likeness (QED) is 0.821. The van der Waals surface area contributed by atoms with Crippen LogP contribution in [0.15, 0.2) is 24.3 Å². The molecule has 1 unspecified atom stereocenters. The fourth-order valence-electron chi connectivity index (χ4n) is 3.64. The monoisotopic (exact) mass is 353 g/mol. The Morgan fingerprint density at radius 2 is 1.81 bits per heavy atom. The summed E-state index contributed by atoms with van der Waals surface area (Å²) in [4.78, 5) is 11.7. The number of benzene rings is 2. The number of hydrogen-bond acceptors (Lipinski definition) is 3. The summed E-state index contributed by atoms with van der Waals surface area (Å²) in [7, 11) is 0. The Labute approximate surface area is 155 Å². The zero-order valence-corrected chi connectivity index (χ0v) is 16.2. The Kier molecular flexibility index (Phi) is 4.70. The summed E-state index contributed by atoms with van der Waals surface area (Å²) in [6.45, 7) is 9.92. The van der Waals surface area contributed by atoms with Crippen molar-refractivity contribution in [3.63, 3.8) is 0 Å². The number of phenolic OH excluding ortho intramolecular Hbond substituents is 1. The predicted octanol–water partition coefficient (Wildman–Crippen LogP) is 4.91. The van der Waals surface area contributed by atoms with Crippen LogP contribution in [0.3, 0.4) is 0 Å². The van der Waals surface area contributed by atoms with Gasteiger partial charge >= 0.3 is 0 Å². The second-order valence-corrected chi connectivity index (χ2v) is 7.42. The summed E-state index contributed by atoms with van der Waals surface area (Å²) in [6.07, 6.45) is 2.07. The Morgan fingerprint density at radius 1 is 1.15 bits per heavy atom. The number of amides is 1. The van der Waals surface area contributed by atoms with Gasteiger partial charge < -0.3 is 15.2 Å². The normalized spacial score (nSPS) is 18.3. The molecule has 1 atom stereocenters. The molecule has 0 saturated carbocycles. The molecule has 138 valence electrons. The van der Waals surface area contributed by atoms with Crippen molar-refractivity contribution >= 4 is 11.6 Å². The topological polar surface area (TPSA) is 58.6 Å². The zero-order valence-electron chi connectivity index (χ0n) is 16.2. The van der Waals surface area contributed by atoms with Gasteiger partial charge in [-0.25, -0.2) is 0 Å². The lowest BCUT2D eigenvalue weighted by atomic mass is 9.88. The maximum absolute atomic E-state index is 11.7. The molecule has 3 rings (SSSR count). The minimum Gasteiger partial charge on any atom is -0.507 e. The van der Waals surface area contributed by atoms with Gasteiger partial charge in [0.25, 0.3) is 0 Å². The van der Waals surface area contributed by atoms with E-state index in [0.29, 0.717) is 18.6 Å². The molecule has 1 aliphatic heterocycles. The second kappa shape index (κ2) is 6.67. The summed E-state index contributed by atoms with van der Waals surface area (Å²) in [6, 6.07) is 7.85. The average Bonchev–Trinajstić information content (AvgIpc) is 2.98. The zero-order chi connectivity index (χ0) is 19.1. The highest BCUT2D eigenvalue weighted by Crippen LogP contribution is 2.48. The molecule has 0 aromatic heterocycles. The van der Waals surface area contributed by atoms with Gasteiger partial charge in [-0.2, -0.15) is 0 Å². The van der Waals surface area contributed by atoms with Crippen molar-refractivity contribution in [1.29, 1.82) is 0 Å². The van der Waals surface area contributed by atoms with Crippen LogP contribution in [0.2, 0.25) is 0 Å². The molecule has 4 nitrogen and oxygen atoms in total. The number of carbonyl (C=O) groups excluding carboxylic acids is 1. The van der Waals surface area contributed by atoms with Crippen LogP contribution < -0.4 is 10.1 Å². The molecular weight excluding hydrogens is 326 g/mol. The van der Waals surface area contributed by atoms with E-state index in [1.54, 1.807) is 0 Å². The lowest BCUT2D eigenvalue weighted by molar-refractivity contribution is -0.116. The standard InChI is InChI=1S/C22H27NO3/c1-6-7-19(24)23-17-10-8-16(9-11-17)22(5)12-18-15(4)20(25)13(2)14(3)21(18)26-22/h8-11,25H,6-7,12H2,1-5H3,(H,23,24). The van der Waals surface area contributed by atoms with Gasteiger partial charge in [-0.1, -0.05) is 19.1 Å². The summed E-state index contributed by atoms with van der Waals surface area (Å²) in [5, 5.41) is 13.3. The lowest BCUT2D eigenvalue weighted by Gasteiger charge is -2.25. The van der Waals surface area contributed by atoms with Crippen molar-refractivity contribution in [1.82, 2.24) is 0 Å². The Morgan fingerprint density at radius 3 is 2.42 bits per heavy atom. The molecule has 2 N–H and O–H groups in total. The molecule has 0 spiro atoms. The van der Waals surface area contributed by atoms with Crippen molar-refractivity contribution in [3.8, 4) is 11.5 Å². The van der Waals surface area contributed by atoms with Crippen molar-refractivity contribution in [3.05, 3.63) is 52.1 Å². The summed E-state index contributed by atoms with van der Waals surface area (Å²) < 4.78 is 6.39. The van der Waals surface area contributed by atoms with E-state index < -0.39 is 5.60 Å². The third kappa shape index (κ3) is 3.05. The number of phenols is 1. The molecule has 4 heteroatoms. The number of anilines is 1. The SMILES string of the molecule is CCCC(=O)Nc1ccc(C2(C)Cc3c(C)c(O)c(C)c(C)c3O2)cc1. The average molecular weight is 353 g/mol. The van der Waals surface area contributed by atoms with Crippen LogP contribution in [0.1, 0.15) is 54.5 Å². The van der Waals surface area contributed by atoms with E-state index in [0.717, 1.165) is 45.7 Å². The molecule has 2 aromatic carbocycles. The van der Waals surface area contributed by atoms with E-state index in [9.17, 15) is 9.90 Å². The molecule has 26 heavy (non-hydrogen) atoms. The first kappa shape index (κ1) is 18.3. The number of fused-ring (bicyclic) bond motifs is 1. The summed E-state index contributed by atoms with van der Waals surface area (Å²) in [5.41, 5.74) is 5.22. The third-order valence-corrected chi connectivity index (χ3v) is 5.44.